The van der Waals surface area contributed by atoms with Crippen molar-refractivity contribution in [2.45, 2.75) is 341 Å². The van der Waals surface area contributed by atoms with Gasteiger partial charge in [0.1, 0.15) is 13.2 Å². The highest BCUT2D eigenvalue weighted by Crippen LogP contribution is 2.43. The minimum absolute atomic E-state index is 0.0562. The van der Waals surface area contributed by atoms with Crippen molar-refractivity contribution < 1.29 is 32.9 Å². The van der Waals surface area contributed by atoms with Crippen LogP contribution in [0.4, 0.5) is 0 Å². The number of hydrogen-bond acceptors (Lipinski definition) is 5. The molecule has 0 aliphatic rings. The summed E-state index contributed by atoms with van der Waals surface area (Å²) in [7, 11) is 1.56. The fraction of sp³-hybridized carbons (Fsp3) is 0.797. The predicted octanol–water partition coefficient (Wildman–Crippen LogP) is 22.7. The summed E-state index contributed by atoms with van der Waals surface area (Å²) in [6, 6.07) is -0.865. The van der Waals surface area contributed by atoms with Gasteiger partial charge in [0.15, 0.2) is 0 Å². The zero-order valence-electron chi connectivity index (χ0n) is 55.4. The zero-order chi connectivity index (χ0) is 60.5. The van der Waals surface area contributed by atoms with Crippen LogP contribution in [0.5, 0.6) is 0 Å². The smallest absolute Gasteiger partial charge is 0.387 e. The van der Waals surface area contributed by atoms with Gasteiger partial charge < -0.3 is 19.8 Å². The molecular weight excluding hydrogens is 1040 g/mol. The van der Waals surface area contributed by atoms with Gasteiger partial charge in [-0.25, -0.2) is 4.57 Å². The van der Waals surface area contributed by atoms with Gasteiger partial charge in [-0.1, -0.05) is 330 Å². The molecule has 0 saturated heterocycles. The Labute approximate surface area is 516 Å². The van der Waals surface area contributed by atoms with E-state index < -0.39 is 20.0 Å². The second kappa shape index (κ2) is 64.2. The normalized spacial score (nSPS) is 14.2. The van der Waals surface area contributed by atoms with Crippen LogP contribution < -0.4 is 5.32 Å². The average Bonchev–Trinajstić information content (AvgIpc) is 3.49. The quantitative estimate of drug-likeness (QED) is 0.0243. The van der Waals surface area contributed by atoms with E-state index in [2.05, 4.69) is 92.1 Å². The number of phosphoric ester groups is 1. The summed E-state index contributed by atoms with van der Waals surface area (Å²) in [5, 5.41) is 14.0. The molecule has 0 aromatic heterocycles. The van der Waals surface area contributed by atoms with E-state index >= 15 is 0 Å². The first-order valence-electron chi connectivity index (χ1n) is 35.5. The number of aliphatic hydroxyl groups is 1. The van der Waals surface area contributed by atoms with Crippen molar-refractivity contribution in [2.75, 3.05) is 40.9 Å². The van der Waals surface area contributed by atoms with E-state index in [1.807, 2.05) is 27.2 Å². The minimum Gasteiger partial charge on any atom is -0.387 e. The summed E-state index contributed by atoms with van der Waals surface area (Å²) in [6.07, 6.45) is 91.8. The third kappa shape index (κ3) is 67.1. The van der Waals surface area contributed by atoms with Crippen LogP contribution in [0.1, 0.15) is 328 Å². The van der Waals surface area contributed by atoms with Gasteiger partial charge in [0, 0.05) is 6.42 Å². The fourth-order valence-corrected chi connectivity index (χ4v) is 11.1. The number of unbranched alkanes of at least 4 members (excludes halogenated alkanes) is 40. The fourth-order valence-electron chi connectivity index (χ4n) is 10.4. The van der Waals surface area contributed by atoms with E-state index in [1.165, 1.54) is 238 Å². The summed E-state index contributed by atoms with van der Waals surface area (Å²) < 4.78 is 23.8. The molecular formula is C74H138N2O6P+. The highest BCUT2D eigenvalue weighted by molar-refractivity contribution is 7.47. The van der Waals surface area contributed by atoms with Crippen molar-refractivity contribution in [1.82, 2.24) is 5.32 Å². The lowest BCUT2D eigenvalue weighted by Crippen LogP contribution is -2.45. The Balaban J connectivity index is 3.95. The number of carbonyl (C=O) groups excluding carboxylic acids is 1. The van der Waals surface area contributed by atoms with E-state index in [0.29, 0.717) is 17.4 Å². The van der Waals surface area contributed by atoms with Crippen LogP contribution in [0.3, 0.4) is 0 Å². The second-order valence-electron chi connectivity index (χ2n) is 25.2. The number of phosphoric acid groups is 1. The van der Waals surface area contributed by atoms with Crippen LogP contribution >= 0.6 is 7.82 Å². The van der Waals surface area contributed by atoms with Crippen LogP contribution in [0.15, 0.2) is 85.1 Å². The summed E-state index contributed by atoms with van der Waals surface area (Å²) in [4.78, 5) is 23.4. The maximum Gasteiger partial charge on any atom is 0.472 e. The van der Waals surface area contributed by atoms with Crippen molar-refractivity contribution in [3.05, 3.63) is 85.1 Å². The molecule has 3 unspecified atom stereocenters. The van der Waals surface area contributed by atoms with E-state index in [9.17, 15) is 19.4 Å². The summed E-state index contributed by atoms with van der Waals surface area (Å²) >= 11 is 0. The van der Waals surface area contributed by atoms with Crippen molar-refractivity contribution in [3.63, 3.8) is 0 Å². The molecule has 0 radical (unpaired) electrons. The van der Waals surface area contributed by atoms with Crippen molar-refractivity contribution in [3.8, 4) is 0 Å². The maximum atomic E-state index is 13.0. The third-order valence-corrected chi connectivity index (χ3v) is 16.8. The summed E-state index contributed by atoms with van der Waals surface area (Å²) in [5.41, 5.74) is 0. The molecule has 484 valence electrons. The molecule has 0 saturated carbocycles. The van der Waals surface area contributed by atoms with Gasteiger partial charge in [-0.15, -0.1) is 0 Å². The Morgan fingerprint density at radius 3 is 1.11 bits per heavy atom. The van der Waals surface area contributed by atoms with Crippen molar-refractivity contribution in [1.29, 1.82) is 0 Å². The lowest BCUT2D eigenvalue weighted by Gasteiger charge is -2.25. The highest BCUT2D eigenvalue weighted by atomic mass is 31.2. The Hall–Kier alpha value is -2.32. The van der Waals surface area contributed by atoms with E-state index in [1.54, 1.807) is 6.08 Å². The molecule has 83 heavy (non-hydrogen) atoms. The molecule has 0 fully saturated rings. The summed E-state index contributed by atoms with van der Waals surface area (Å²) in [5.74, 6) is -0.182. The molecule has 0 rings (SSSR count). The Kier molecular flexibility index (Phi) is 62.4. The Bertz CT molecular complexity index is 1630. The molecule has 8 nitrogen and oxygen atoms in total. The number of hydrogen-bond donors (Lipinski definition) is 3. The number of nitrogens with one attached hydrogen (secondary N) is 1. The number of nitrogens with zero attached hydrogens (tertiary/aromatic N) is 1. The number of rotatable bonds is 65. The predicted molar refractivity (Wildman–Crippen MR) is 364 cm³/mol. The first-order chi connectivity index (χ1) is 40.5. The number of quaternary nitrogens is 1. The number of aliphatic hydroxyl groups excluding tert-OH is 1. The average molecular weight is 1180 g/mol. The summed E-state index contributed by atoms with van der Waals surface area (Å²) in [6.45, 7) is 4.71. The van der Waals surface area contributed by atoms with E-state index in [0.717, 1.165) is 70.6 Å². The molecule has 9 heteroatoms. The molecule has 3 atom stereocenters. The highest BCUT2D eigenvalue weighted by Gasteiger charge is 2.28. The second-order valence-corrected chi connectivity index (χ2v) is 26.7. The van der Waals surface area contributed by atoms with E-state index in [4.69, 9.17) is 9.05 Å². The molecule has 1 amide bonds. The van der Waals surface area contributed by atoms with Gasteiger partial charge in [0.25, 0.3) is 0 Å². The van der Waals surface area contributed by atoms with Gasteiger partial charge in [-0.3, -0.25) is 13.8 Å². The maximum absolute atomic E-state index is 13.0. The topological polar surface area (TPSA) is 105 Å². The zero-order valence-corrected chi connectivity index (χ0v) is 56.3. The molecule has 0 bridgehead atoms. The third-order valence-electron chi connectivity index (χ3n) is 15.8. The SMILES string of the molecule is CC/C=C\C/C=C\C/C=C\C/C=C\C/C=C\CCCCCCCCCCCCCCCCCCCCCCCCCCCC(=O)NC(COP(=O)(O)OCC[N+](C)(C)C)C(O)/C=C/CC/C=C/CCCCCCCCCCCCCCCC. The first-order valence-corrected chi connectivity index (χ1v) is 37.0. The van der Waals surface area contributed by atoms with Crippen LogP contribution in [0, 0.1) is 0 Å². The molecule has 0 aromatic rings. The van der Waals surface area contributed by atoms with Crippen molar-refractivity contribution in [2.24, 2.45) is 0 Å². The monoisotopic (exact) mass is 1180 g/mol. The molecule has 0 aliphatic carbocycles. The molecule has 0 aromatic carbocycles. The standard InChI is InChI=1S/C74H137N2O6P/c1-6-8-10-12-14-16-18-20-22-24-26-28-29-30-31-32-33-34-35-36-37-38-39-40-41-42-43-44-45-46-47-48-50-52-54-56-58-60-62-64-66-68-74(78)75-72(71-82-83(79,80)81-70-69-76(3,4)5)73(77)67-65-63-61-59-57-55-53-51-49-27-25-23-21-19-17-15-13-11-9-7-2/h8,10,14,16,20,22,26,28,30-31,57,59,65,67,72-73,77H,6-7,9,11-13,15,17-19,21,23-25,27,29,32-56,58,60-64,66,68-71H2,1-5H3,(H-,75,78,79,80)/p+1/b10-8-,16-14-,22-20-,28-26-,31-30-,59-57+,67-65+. The Morgan fingerprint density at radius 1 is 0.422 bits per heavy atom. The van der Waals surface area contributed by atoms with Gasteiger partial charge >= 0.3 is 7.82 Å². The van der Waals surface area contributed by atoms with Gasteiger partial charge in [0.05, 0.1) is 39.9 Å². The Morgan fingerprint density at radius 2 is 0.735 bits per heavy atom. The number of likely N-dealkylation sites (N-methyl/N-ethyl adjacent to an activating group) is 1. The van der Waals surface area contributed by atoms with Crippen LogP contribution in [0.2, 0.25) is 0 Å². The largest absolute Gasteiger partial charge is 0.472 e. The van der Waals surface area contributed by atoms with Gasteiger partial charge in [-0.2, -0.15) is 0 Å². The van der Waals surface area contributed by atoms with Crippen LogP contribution in [0.25, 0.3) is 0 Å². The molecule has 3 N–H and O–H groups in total. The number of amides is 1. The van der Waals surface area contributed by atoms with Crippen molar-refractivity contribution >= 4 is 13.7 Å². The first kappa shape index (κ1) is 80.7. The van der Waals surface area contributed by atoms with E-state index in [-0.39, 0.29) is 19.1 Å². The molecule has 0 aliphatic heterocycles. The lowest BCUT2D eigenvalue weighted by atomic mass is 10.0. The number of carbonyl (C=O) groups is 1. The molecule has 0 heterocycles. The molecule has 0 spiro atoms. The number of allylic oxidation sites excluding steroid dienone is 13. The van der Waals surface area contributed by atoms with Crippen LogP contribution in [-0.4, -0.2) is 73.4 Å². The van der Waals surface area contributed by atoms with Crippen LogP contribution in [-0.2, 0) is 18.4 Å². The lowest BCUT2D eigenvalue weighted by molar-refractivity contribution is -0.870. The van der Waals surface area contributed by atoms with Gasteiger partial charge in [-0.05, 0) is 77.0 Å². The minimum atomic E-state index is -4.36. The van der Waals surface area contributed by atoms with Gasteiger partial charge in [0.2, 0.25) is 5.91 Å².